The van der Waals surface area contributed by atoms with Crippen LogP contribution in [0, 0.1) is 0 Å². The Labute approximate surface area is 194 Å². The fourth-order valence-corrected chi connectivity index (χ4v) is 53.6. The number of nitrogens with zero attached hydrogens (tertiary/aromatic N) is 3. The van der Waals surface area contributed by atoms with Gasteiger partial charge >= 0.3 is 0 Å². The van der Waals surface area contributed by atoms with Crippen LogP contribution >= 0.6 is 0 Å². The van der Waals surface area contributed by atoms with Gasteiger partial charge in [0.05, 0.1) is 7.11 Å². The van der Waals surface area contributed by atoms with Gasteiger partial charge in [0.25, 0.3) is 0 Å². The molecule has 1 unspecified atom stereocenters. The van der Waals surface area contributed by atoms with Gasteiger partial charge in [-0.05, 0) is 37.4 Å². The summed E-state index contributed by atoms with van der Waals surface area (Å²) in [6.45, 7) is 23.7. The second-order valence-corrected chi connectivity index (χ2v) is 31.8. The summed E-state index contributed by atoms with van der Waals surface area (Å²) in [5.41, 5.74) is 0. The highest BCUT2D eigenvalue weighted by molar-refractivity contribution is 7.64. The first-order chi connectivity index (χ1) is 14.5. The number of hydrogen-bond acceptors (Lipinski definition) is 3. The lowest BCUT2D eigenvalue weighted by Crippen LogP contribution is -2.89. The number of hydrogen-bond donors (Lipinski definition) is 0. The van der Waals surface area contributed by atoms with Crippen LogP contribution in [0.15, 0.2) is 0 Å². The average Bonchev–Trinajstić information content (AvgIpc) is 2.72. The predicted octanol–water partition coefficient (Wildman–Crippen LogP) is 7.29. The van der Waals surface area contributed by atoms with E-state index in [2.05, 4.69) is 69.9 Å². The Hall–Kier alpha value is 0.531. The first-order valence-corrected chi connectivity index (χ1v) is 22.8. The highest BCUT2D eigenvalue weighted by atomic mass is 29.6. The van der Waals surface area contributed by atoms with Gasteiger partial charge < -0.3 is 0 Å². The molecule has 1 aliphatic heterocycles. The monoisotopic (exact) mass is 471 g/mol. The molecule has 0 spiro atoms. The molecule has 1 aliphatic rings. The Kier molecular flexibility index (Phi) is 13.9. The Morgan fingerprint density at radius 1 is 0.533 bits per heavy atom. The summed E-state index contributed by atoms with van der Waals surface area (Å²) < 4.78 is 6.28. The fraction of sp³-hybridized carbons (Fsp3) is 1.00. The normalized spacial score (nSPS) is 22.6. The van der Waals surface area contributed by atoms with Crippen molar-refractivity contribution >= 4 is 23.3 Å². The molecule has 1 rings (SSSR count). The predicted molar refractivity (Wildman–Crippen MR) is 145 cm³/mol. The van der Waals surface area contributed by atoms with E-state index in [1.54, 1.807) is 30.2 Å². The van der Waals surface area contributed by atoms with Crippen LogP contribution in [0.3, 0.4) is 0 Å². The molecule has 0 radical (unpaired) electrons. The molecule has 0 bridgehead atoms. The second-order valence-electron chi connectivity index (χ2n) is 9.87. The SMILES string of the molecule is CCCN1N(CCC)[SiH](CCC)[Si](CCC)(CCC)[Si](CCC)(CCC)N1CCC. The van der Waals surface area contributed by atoms with E-state index in [-0.39, 0.29) is 0 Å². The van der Waals surface area contributed by atoms with Crippen molar-refractivity contribution in [2.75, 3.05) is 19.6 Å². The van der Waals surface area contributed by atoms with Crippen LogP contribution in [0.1, 0.15) is 107 Å². The lowest BCUT2D eigenvalue weighted by molar-refractivity contribution is -0.0983. The maximum atomic E-state index is 3.18. The molecule has 0 amide bonds. The lowest BCUT2D eigenvalue weighted by atomic mass is 10.5. The molecule has 0 saturated carbocycles. The fourth-order valence-electron chi connectivity index (χ4n) is 7.09. The molecular weight excluding hydrogens is 415 g/mol. The quantitative estimate of drug-likeness (QED) is 0.219. The van der Waals surface area contributed by atoms with Crippen LogP contribution in [0.2, 0.25) is 30.2 Å². The van der Waals surface area contributed by atoms with Crippen molar-refractivity contribution in [2.24, 2.45) is 0 Å². The minimum absolute atomic E-state index is 0.968. The van der Waals surface area contributed by atoms with E-state index in [1.165, 1.54) is 71.0 Å². The van der Waals surface area contributed by atoms with Crippen molar-refractivity contribution in [1.82, 2.24) is 14.5 Å². The van der Waals surface area contributed by atoms with Crippen LogP contribution in [0.5, 0.6) is 0 Å². The number of rotatable bonds is 16. The molecule has 1 fully saturated rings. The Bertz CT molecular complexity index is 397. The van der Waals surface area contributed by atoms with E-state index < -0.39 is 23.3 Å². The van der Waals surface area contributed by atoms with Crippen molar-refractivity contribution in [3.8, 4) is 0 Å². The van der Waals surface area contributed by atoms with Gasteiger partial charge in [-0.15, -0.1) is 0 Å². The van der Waals surface area contributed by atoms with Gasteiger partial charge in [0, 0.05) is 19.6 Å². The minimum Gasteiger partial charge on any atom is -0.257 e. The number of hydrazine groups is 2. The summed E-state index contributed by atoms with van der Waals surface area (Å²) in [5, 5.41) is 2.94. The zero-order valence-corrected chi connectivity index (χ0v) is 25.4. The van der Waals surface area contributed by atoms with Gasteiger partial charge in [0.1, 0.15) is 16.2 Å². The molecule has 180 valence electrons. The average molecular weight is 472 g/mol. The Balaban J connectivity index is 3.86. The summed E-state index contributed by atoms with van der Waals surface area (Å²) in [5.74, 6) is 0. The zero-order chi connectivity index (χ0) is 22.6. The van der Waals surface area contributed by atoms with Crippen molar-refractivity contribution < 1.29 is 0 Å². The molecule has 1 atom stereocenters. The van der Waals surface area contributed by atoms with Crippen LogP contribution in [-0.4, -0.2) is 57.4 Å². The van der Waals surface area contributed by atoms with Gasteiger partial charge in [-0.1, -0.05) is 99.6 Å². The maximum absolute atomic E-state index is 3.18. The maximum Gasteiger partial charge on any atom is 0.137 e. The third-order valence-corrected chi connectivity index (χ3v) is 44.5. The molecule has 0 aromatic heterocycles. The van der Waals surface area contributed by atoms with Gasteiger partial charge in [0.2, 0.25) is 0 Å². The van der Waals surface area contributed by atoms with E-state index in [1.807, 2.05) is 0 Å². The lowest BCUT2D eigenvalue weighted by Gasteiger charge is -2.68. The molecule has 0 aromatic rings. The van der Waals surface area contributed by atoms with Crippen LogP contribution in [-0.2, 0) is 0 Å². The molecule has 30 heavy (non-hydrogen) atoms. The van der Waals surface area contributed by atoms with E-state index in [0.29, 0.717) is 0 Å². The van der Waals surface area contributed by atoms with Crippen LogP contribution in [0.4, 0.5) is 0 Å². The van der Waals surface area contributed by atoms with Crippen molar-refractivity contribution in [1.29, 1.82) is 0 Å². The van der Waals surface area contributed by atoms with Crippen molar-refractivity contribution in [3.63, 3.8) is 0 Å². The van der Waals surface area contributed by atoms with Crippen LogP contribution in [0.25, 0.3) is 0 Å². The third kappa shape index (κ3) is 5.71. The summed E-state index contributed by atoms with van der Waals surface area (Å²) in [6, 6.07) is 8.03. The van der Waals surface area contributed by atoms with E-state index >= 15 is 0 Å². The van der Waals surface area contributed by atoms with Gasteiger partial charge in [0.15, 0.2) is 0 Å². The van der Waals surface area contributed by atoms with E-state index in [0.717, 1.165) is 0 Å². The molecule has 0 aliphatic carbocycles. The molecule has 0 N–H and O–H groups in total. The summed E-state index contributed by atoms with van der Waals surface area (Å²) >= 11 is 0. The summed E-state index contributed by atoms with van der Waals surface area (Å²) in [4.78, 5) is 0. The Morgan fingerprint density at radius 2 is 1.03 bits per heavy atom. The van der Waals surface area contributed by atoms with E-state index in [4.69, 9.17) is 0 Å². The standard InChI is InChI=1S/C24H57N3Si3/c1-9-17-25-26(18-10-2)28(20-12-4)30(23-15-7,24-16-8)29(21-13-5,22-14-6)27(25)19-11-3/h28H,9-24H2,1-8H3. The first kappa shape index (κ1) is 28.6. The molecule has 1 heterocycles. The molecule has 0 aromatic carbocycles. The largest absolute Gasteiger partial charge is 0.257 e. The molecule has 6 heteroatoms. The third-order valence-electron chi connectivity index (χ3n) is 7.59. The highest BCUT2D eigenvalue weighted by Gasteiger charge is 2.66. The topological polar surface area (TPSA) is 9.72 Å². The minimum atomic E-state index is -1.51. The van der Waals surface area contributed by atoms with Gasteiger partial charge in [-0.25, -0.2) is 0 Å². The summed E-state index contributed by atoms with van der Waals surface area (Å²) in [6.07, 6.45) is 11.0. The molecule has 1 saturated heterocycles. The van der Waals surface area contributed by atoms with Crippen molar-refractivity contribution in [3.05, 3.63) is 0 Å². The smallest absolute Gasteiger partial charge is 0.137 e. The first-order valence-electron chi connectivity index (χ1n) is 13.8. The van der Waals surface area contributed by atoms with Gasteiger partial charge in [-0.2, -0.15) is 5.12 Å². The van der Waals surface area contributed by atoms with Crippen molar-refractivity contribution in [2.45, 2.75) is 137 Å². The zero-order valence-electron chi connectivity index (χ0n) is 22.2. The highest BCUT2D eigenvalue weighted by Crippen LogP contribution is 2.47. The van der Waals surface area contributed by atoms with Gasteiger partial charge in [-0.3, -0.25) is 9.35 Å². The summed E-state index contributed by atoms with van der Waals surface area (Å²) in [7, 11) is -3.81. The second kappa shape index (κ2) is 14.6. The Morgan fingerprint density at radius 3 is 1.43 bits per heavy atom. The van der Waals surface area contributed by atoms with Crippen LogP contribution < -0.4 is 0 Å². The van der Waals surface area contributed by atoms with E-state index in [9.17, 15) is 0 Å². The molecular formula is C24H57N3Si3. The molecule has 3 nitrogen and oxygen atoms in total.